The van der Waals surface area contributed by atoms with Crippen molar-refractivity contribution in [2.24, 2.45) is 5.92 Å². The van der Waals surface area contributed by atoms with Crippen LogP contribution in [0.3, 0.4) is 0 Å². The summed E-state index contributed by atoms with van der Waals surface area (Å²) < 4.78 is 0. The number of carbonyl (C=O) groups excluding carboxylic acids is 3. The molecule has 2 rings (SSSR count). The molecule has 0 radical (unpaired) electrons. The molecule has 0 fully saturated rings. The average molecular weight is 390 g/mol. The maximum absolute atomic E-state index is 12.9. The van der Waals surface area contributed by atoms with E-state index in [-0.39, 0.29) is 18.2 Å². The molecule has 144 valence electrons. The number of hydrazine groups is 1. The summed E-state index contributed by atoms with van der Waals surface area (Å²) >= 11 is 1.33. The van der Waals surface area contributed by atoms with Gasteiger partial charge in [0.1, 0.15) is 6.04 Å². The number of amides is 2. The zero-order valence-corrected chi connectivity index (χ0v) is 16.2. The van der Waals surface area contributed by atoms with Gasteiger partial charge in [0.2, 0.25) is 5.91 Å². The fraction of sp³-hybridized carbons (Fsp3) is 0.368. The molecule has 1 unspecified atom stereocenters. The van der Waals surface area contributed by atoms with Crippen molar-refractivity contribution < 1.29 is 24.3 Å². The number of benzene rings is 1. The van der Waals surface area contributed by atoms with Gasteiger partial charge in [0.15, 0.2) is 0 Å². The van der Waals surface area contributed by atoms with Gasteiger partial charge in [-0.25, -0.2) is 14.8 Å². The lowest BCUT2D eigenvalue weighted by atomic mass is 10.0. The number of hydrogen-bond acceptors (Lipinski definition) is 5. The van der Waals surface area contributed by atoms with Crippen molar-refractivity contribution in [3.8, 4) is 0 Å². The van der Waals surface area contributed by atoms with Crippen LogP contribution in [0.15, 0.2) is 41.9 Å². The smallest absolute Gasteiger partial charge is 0.374 e. The number of nitrogens with zero attached hydrogens (tertiary/aromatic N) is 2. The van der Waals surface area contributed by atoms with E-state index < -0.39 is 29.0 Å². The Hall–Kier alpha value is -2.61. The van der Waals surface area contributed by atoms with E-state index >= 15 is 0 Å². The Kier molecular flexibility index (Phi) is 6.79. The lowest BCUT2D eigenvalue weighted by molar-refractivity contribution is -0.168. The van der Waals surface area contributed by atoms with Crippen LogP contribution in [-0.2, 0) is 25.6 Å². The monoisotopic (exact) mass is 390 g/mol. The van der Waals surface area contributed by atoms with Crippen molar-refractivity contribution in [3.05, 3.63) is 47.5 Å². The number of Topliss-reactive ketones (excluding diaryl/α,β-unsaturated/α-hetero) is 1. The van der Waals surface area contributed by atoms with Crippen LogP contribution in [0.4, 0.5) is 0 Å². The van der Waals surface area contributed by atoms with Crippen LogP contribution < -0.4 is 0 Å². The number of thioether (sulfide) groups is 1. The summed E-state index contributed by atoms with van der Waals surface area (Å²) in [5.74, 6) is -3.73. The number of hydrogen-bond donors (Lipinski definition) is 1. The van der Waals surface area contributed by atoms with Crippen LogP contribution in [0.25, 0.3) is 0 Å². The molecule has 2 amide bonds. The van der Waals surface area contributed by atoms with Gasteiger partial charge in [0.25, 0.3) is 11.7 Å². The summed E-state index contributed by atoms with van der Waals surface area (Å²) in [6, 6.07) is 7.45. The van der Waals surface area contributed by atoms with E-state index in [9.17, 15) is 24.3 Å². The van der Waals surface area contributed by atoms with Crippen LogP contribution in [0.1, 0.15) is 26.3 Å². The zero-order valence-electron chi connectivity index (χ0n) is 15.4. The predicted octanol–water partition coefficient (Wildman–Crippen LogP) is 2.09. The highest BCUT2D eigenvalue weighted by Gasteiger charge is 2.40. The predicted molar refractivity (Wildman–Crippen MR) is 101 cm³/mol. The van der Waals surface area contributed by atoms with E-state index in [0.717, 1.165) is 10.0 Å². The van der Waals surface area contributed by atoms with Gasteiger partial charge in [-0.05, 0) is 16.9 Å². The minimum absolute atomic E-state index is 0.00602. The Morgan fingerprint density at radius 2 is 1.85 bits per heavy atom. The van der Waals surface area contributed by atoms with Crippen LogP contribution in [0.5, 0.6) is 0 Å². The van der Waals surface area contributed by atoms with Crippen molar-refractivity contribution in [3.63, 3.8) is 0 Å². The fourth-order valence-corrected chi connectivity index (χ4v) is 3.74. The number of ketones is 1. The first-order valence-electron chi connectivity index (χ1n) is 8.50. The van der Waals surface area contributed by atoms with Crippen LogP contribution in [0.2, 0.25) is 0 Å². The summed E-state index contributed by atoms with van der Waals surface area (Å²) in [5.41, 5.74) is 0.687. The molecular formula is C19H22N2O5S. The van der Waals surface area contributed by atoms with E-state index in [1.54, 1.807) is 35.7 Å². The van der Waals surface area contributed by atoms with Crippen molar-refractivity contribution in [2.45, 2.75) is 38.5 Å². The molecule has 1 heterocycles. The van der Waals surface area contributed by atoms with Gasteiger partial charge in [-0.2, -0.15) is 0 Å². The van der Waals surface area contributed by atoms with E-state index in [4.69, 9.17) is 0 Å². The number of carbonyl (C=O) groups is 4. The largest absolute Gasteiger partial charge is 0.475 e. The van der Waals surface area contributed by atoms with E-state index in [1.807, 2.05) is 13.8 Å². The summed E-state index contributed by atoms with van der Waals surface area (Å²) in [6.45, 7) is 4.98. The Balaban J connectivity index is 2.44. The molecule has 0 saturated heterocycles. The van der Waals surface area contributed by atoms with E-state index in [2.05, 4.69) is 0 Å². The van der Waals surface area contributed by atoms with Crippen LogP contribution in [-0.4, -0.2) is 50.0 Å². The molecule has 0 bridgehead atoms. The third-order valence-corrected chi connectivity index (χ3v) is 5.46. The topological polar surface area (TPSA) is 95.0 Å². The first-order chi connectivity index (χ1) is 12.7. The molecule has 1 aromatic rings. The van der Waals surface area contributed by atoms with Gasteiger partial charge in [-0.3, -0.25) is 14.4 Å². The molecule has 8 heteroatoms. The second-order valence-electron chi connectivity index (χ2n) is 6.51. The van der Waals surface area contributed by atoms with Crippen molar-refractivity contribution in [1.29, 1.82) is 0 Å². The number of aliphatic carboxylic acids is 1. The molecule has 0 aromatic heterocycles. The standard InChI is InChI=1S/C19H22N2O5S/c1-12(2)17-18(24)20(9-10-27-17)21(13(3)22)15(16(23)19(25)26)11-14-7-5-4-6-8-14/h4-10,12,15,17H,11H2,1-3H3,(H,25,26)/t15-,17?/m0/s1. The Morgan fingerprint density at radius 3 is 2.37 bits per heavy atom. The quantitative estimate of drug-likeness (QED) is 0.717. The second-order valence-corrected chi connectivity index (χ2v) is 7.56. The number of carboxylic acids is 1. The van der Waals surface area contributed by atoms with Crippen LogP contribution >= 0.6 is 11.8 Å². The average Bonchev–Trinajstić information content (AvgIpc) is 2.62. The highest BCUT2D eigenvalue weighted by Crippen LogP contribution is 2.29. The summed E-state index contributed by atoms with van der Waals surface area (Å²) in [6.07, 6.45) is 1.39. The van der Waals surface area contributed by atoms with Gasteiger partial charge < -0.3 is 5.11 Å². The van der Waals surface area contributed by atoms with E-state index in [1.165, 1.54) is 24.9 Å². The molecule has 1 aromatic carbocycles. The molecule has 1 N–H and O–H groups in total. The molecule has 1 aliphatic rings. The Labute approximate surface area is 162 Å². The Morgan fingerprint density at radius 1 is 1.22 bits per heavy atom. The summed E-state index contributed by atoms with van der Waals surface area (Å²) in [4.78, 5) is 49.0. The number of carboxylic acid groups (broad SMARTS) is 1. The second kappa shape index (κ2) is 8.85. The van der Waals surface area contributed by atoms with Gasteiger partial charge >= 0.3 is 5.97 Å². The summed E-state index contributed by atoms with van der Waals surface area (Å²) in [5, 5.41) is 12.5. The van der Waals surface area contributed by atoms with Gasteiger partial charge in [0, 0.05) is 19.5 Å². The lowest BCUT2D eigenvalue weighted by Crippen LogP contribution is -2.58. The number of rotatable bonds is 7. The molecule has 27 heavy (non-hydrogen) atoms. The first kappa shape index (κ1) is 20.7. The lowest BCUT2D eigenvalue weighted by Gasteiger charge is -2.40. The first-order valence-corrected chi connectivity index (χ1v) is 9.44. The van der Waals surface area contributed by atoms with Crippen molar-refractivity contribution in [2.75, 3.05) is 0 Å². The molecular weight excluding hydrogens is 368 g/mol. The van der Waals surface area contributed by atoms with Crippen molar-refractivity contribution in [1.82, 2.24) is 10.0 Å². The third kappa shape index (κ3) is 4.77. The zero-order chi connectivity index (χ0) is 20.1. The van der Waals surface area contributed by atoms with Crippen molar-refractivity contribution >= 4 is 35.3 Å². The fourth-order valence-electron chi connectivity index (χ4n) is 2.85. The molecule has 7 nitrogen and oxygen atoms in total. The maximum Gasteiger partial charge on any atom is 0.374 e. The van der Waals surface area contributed by atoms with Gasteiger partial charge in [-0.1, -0.05) is 44.2 Å². The molecule has 0 spiro atoms. The normalized spacial score (nSPS) is 17.7. The van der Waals surface area contributed by atoms with E-state index in [0.29, 0.717) is 5.56 Å². The third-order valence-electron chi connectivity index (χ3n) is 4.14. The highest BCUT2D eigenvalue weighted by atomic mass is 32.2. The molecule has 2 atom stereocenters. The SMILES string of the molecule is CC(=O)N([C@@H](Cc1ccccc1)C(=O)C(=O)O)N1C=CSC(C(C)C)C1=O. The molecule has 0 saturated carbocycles. The minimum Gasteiger partial charge on any atom is -0.475 e. The van der Waals surface area contributed by atoms with Crippen LogP contribution in [0, 0.1) is 5.92 Å². The van der Waals surface area contributed by atoms with Gasteiger partial charge in [-0.15, -0.1) is 11.8 Å². The molecule has 1 aliphatic heterocycles. The minimum atomic E-state index is -1.65. The molecule has 0 aliphatic carbocycles. The maximum atomic E-state index is 12.9. The summed E-state index contributed by atoms with van der Waals surface area (Å²) in [7, 11) is 0. The highest BCUT2D eigenvalue weighted by molar-refractivity contribution is 8.03. The Bertz CT molecular complexity index is 763. The van der Waals surface area contributed by atoms with Gasteiger partial charge in [0.05, 0.1) is 5.25 Å².